The van der Waals surface area contributed by atoms with Crippen LogP contribution in [0.4, 0.5) is 5.69 Å². The predicted octanol–water partition coefficient (Wildman–Crippen LogP) is 3.79. The third kappa shape index (κ3) is 4.39. The summed E-state index contributed by atoms with van der Waals surface area (Å²) in [6.07, 6.45) is 2.72. The van der Waals surface area contributed by atoms with E-state index in [0.717, 1.165) is 6.07 Å². The molecule has 142 valence electrons. The van der Waals surface area contributed by atoms with E-state index in [1.807, 2.05) is 0 Å². The topological polar surface area (TPSA) is 104 Å². The van der Waals surface area contributed by atoms with Gasteiger partial charge in [-0.25, -0.2) is 8.42 Å². The number of rotatable bonds is 6. The average molecular weight is 395 g/mol. The Bertz CT molecular complexity index is 1150. The molecule has 0 saturated carbocycles. The molecule has 0 aliphatic rings. The molecular weight excluding hydrogens is 378 g/mol. The molecule has 3 rings (SSSR count). The van der Waals surface area contributed by atoms with Gasteiger partial charge in [-0.15, -0.1) is 0 Å². The second-order valence-electron chi connectivity index (χ2n) is 5.90. The molecule has 3 aromatic carbocycles. The summed E-state index contributed by atoms with van der Waals surface area (Å²) < 4.78 is 27.5. The highest BCUT2D eigenvalue weighted by Gasteiger charge is 2.18. The van der Waals surface area contributed by atoms with E-state index in [-0.39, 0.29) is 27.6 Å². The Morgan fingerprint density at radius 1 is 0.893 bits per heavy atom. The molecule has 0 atom stereocenters. The predicted molar refractivity (Wildman–Crippen MR) is 107 cm³/mol. The molecule has 0 saturated heterocycles. The van der Waals surface area contributed by atoms with Crippen molar-refractivity contribution in [3.8, 4) is 11.5 Å². The van der Waals surface area contributed by atoms with Crippen molar-refractivity contribution >= 4 is 27.6 Å². The van der Waals surface area contributed by atoms with Gasteiger partial charge in [-0.1, -0.05) is 36.4 Å². The number of anilines is 1. The van der Waals surface area contributed by atoms with Gasteiger partial charge in [0.1, 0.15) is 11.5 Å². The van der Waals surface area contributed by atoms with Gasteiger partial charge in [0.25, 0.3) is 10.0 Å². The number of aromatic hydroxyl groups is 2. The van der Waals surface area contributed by atoms with E-state index in [1.165, 1.54) is 48.6 Å². The molecule has 0 aliphatic heterocycles. The van der Waals surface area contributed by atoms with Crippen LogP contribution in [0.25, 0.3) is 6.08 Å². The number of sulfonamides is 1. The van der Waals surface area contributed by atoms with E-state index >= 15 is 0 Å². The summed E-state index contributed by atoms with van der Waals surface area (Å²) in [5.41, 5.74) is 0.726. The summed E-state index contributed by atoms with van der Waals surface area (Å²) >= 11 is 0. The van der Waals surface area contributed by atoms with Crippen molar-refractivity contribution in [1.29, 1.82) is 0 Å². The lowest BCUT2D eigenvalue weighted by Crippen LogP contribution is -2.15. The van der Waals surface area contributed by atoms with Crippen molar-refractivity contribution in [2.45, 2.75) is 4.90 Å². The monoisotopic (exact) mass is 395 g/mol. The fourth-order valence-electron chi connectivity index (χ4n) is 2.53. The fourth-order valence-corrected chi connectivity index (χ4v) is 3.64. The molecule has 0 aromatic heterocycles. The molecule has 0 bridgehead atoms. The maximum atomic E-state index is 12.6. The van der Waals surface area contributed by atoms with Gasteiger partial charge in [0.05, 0.1) is 10.6 Å². The number of ketones is 1. The first kappa shape index (κ1) is 19.2. The van der Waals surface area contributed by atoms with Crippen LogP contribution in [-0.2, 0) is 10.0 Å². The number of phenolic OH excluding ortho intramolecular Hbond substituents is 2. The molecule has 0 spiro atoms. The number of phenols is 2. The molecule has 3 aromatic rings. The molecule has 0 aliphatic carbocycles. The van der Waals surface area contributed by atoms with E-state index in [9.17, 15) is 23.4 Å². The van der Waals surface area contributed by atoms with Gasteiger partial charge in [-0.05, 0) is 42.5 Å². The van der Waals surface area contributed by atoms with Crippen LogP contribution in [0.15, 0.2) is 83.8 Å². The summed E-state index contributed by atoms with van der Waals surface area (Å²) in [6, 6.07) is 18.0. The first-order valence-corrected chi connectivity index (χ1v) is 9.76. The van der Waals surface area contributed by atoms with Crippen LogP contribution in [0.5, 0.6) is 11.5 Å². The quantitative estimate of drug-likeness (QED) is 0.435. The molecule has 0 fully saturated rings. The van der Waals surface area contributed by atoms with Crippen molar-refractivity contribution in [2.75, 3.05) is 4.72 Å². The summed E-state index contributed by atoms with van der Waals surface area (Å²) in [4.78, 5) is 12.5. The van der Waals surface area contributed by atoms with E-state index in [1.54, 1.807) is 30.3 Å². The Morgan fingerprint density at radius 2 is 1.61 bits per heavy atom. The van der Waals surface area contributed by atoms with E-state index in [0.29, 0.717) is 5.56 Å². The number of hydrogen-bond donors (Lipinski definition) is 3. The zero-order valence-electron chi connectivity index (χ0n) is 14.6. The van der Waals surface area contributed by atoms with Gasteiger partial charge in [-0.2, -0.15) is 0 Å². The van der Waals surface area contributed by atoms with Gasteiger partial charge in [0, 0.05) is 17.2 Å². The van der Waals surface area contributed by atoms with Crippen LogP contribution in [0.1, 0.15) is 15.9 Å². The number of carbonyl (C=O) groups is 1. The lowest BCUT2D eigenvalue weighted by atomic mass is 10.1. The number of benzene rings is 3. The summed E-state index contributed by atoms with van der Waals surface area (Å²) in [7, 11) is -3.99. The van der Waals surface area contributed by atoms with Crippen molar-refractivity contribution in [3.63, 3.8) is 0 Å². The summed E-state index contributed by atoms with van der Waals surface area (Å²) in [5.74, 6) is -0.584. The highest BCUT2D eigenvalue weighted by atomic mass is 32.2. The van der Waals surface area contributed by atoms with Crippen LogP contribution >= 0.6 is 0 Å². The molecular formula is C21H17NO5S. The minimum absolute atomic E-state index is 0.0319. The Hall–Kier alpha value is -3.58. The maximum absolute atomic E-state index is 12.6. The van der Waals surface area contributed by atoms with Crippen molar-refractivity contribution in [2.24, 2.45) is 0 Å². The van der Waals surface area contributed by atoms with Crippen molar-refractivity contribution in [3.05, 3.63) is 90.0 Å². The first-order valence-electron chi connectivity index (χ1n) is 8.28. The molecule has 0 unspecified atom stereocenters. The largest absolute Gasteiger partial charge is 0.508 e. The Balaban J connectivity index is 1.89. The molecule has 0 heterocycles. The fraction of sp³-hybridized carbons (Fsp3) is 0. The smallest absolute Gasteiger partial charge is 0.262 e. The first-order chi connectivity index (χ1) is 13.4. The average Bonchev–Trinajstić information content (AvgIpc) is 2.67. The van der Waals surface area contributed by atoms with E-state index < -0.39 is 15.8 Å². The number of allylic oxidation sites excluding steroid dienone is 1. The van der Waals surface area contributed by atoms with Gasteiger partial charge < -0.3 is 10.2 Å². The Labute approximate surface area is 162 Å². The maximum Gasteiger partial charge on any atom is 0.262 e. The van der Waals surface area contributed by atoms with Crippen LogP contribution in [-0.4, -0.2) is 24.4 Å². The minimum Gasteiger partial charge on any atom is -0.508 e. The van der Waals surface area contributed by atoms with Crippen LogP contribution in [0.3, 0.4) is 0 Å². The summed E-state index contributed by atoms with van der Waals surface area (Å²) in [6.45, 7) is 0. The standard InChI is InChI=1S/C21H17NO5S/c23-16-7-5-8-17(14-16)28(26,27)22-19-10-3-2-9-18(19)21(25)13-12-15-6-1-4-11-20(15)24/h1-14,22-24H. The normalized spacial score (nSPS) is 11.4. The Kier molecular flexibility index (Phi) is 5.47. The molecule has 6 nitrogen and oxygen atoms in total. The highest BCUT2D eigenvalue weighted by molar-refractivity contribution is 7.92. The van der Waals surface area contributed by atoms with Gasteiger partial charge >= 0.3 is 0 Å². The second kappa shape index (κ2) is 7.98. The third-order valence-corrected chi connectivity index (χ3v) is 5.28. The number of para-hydroxylation sites is 2. The molecule has 0 radical (unpaired) electrons. The SMILES string of the molecule is O=C(C=Cc1ccccc1O)c1ccccc1NS(=O)(=O)c1cccc(O)c1. The Morgan fingerprint density at radius 3 is 2.36 bits per heavy atom. The lowest BCUT2D eigenvalue weighted by Gasteiger charge is -2.11. The van der Waals surface area contributed by atoms with Crippen molar-refractivity contribution < 1.29 is 23.4 Å². The van der Waals surface area contributed by atoms with Crippen LogP contribution < -0.4 is 4.72 Å². The molecule has 3 N–H and O–H groups in total. The zero-order valence-corrected chi connectivity index (χ0v) is 15.4. The van der Waals surface area contributed by atoms with Crippen molar-refractivity contribution in [1.82, 2.24) is 0 Å². The van der Waals surface area contributed by atoms with E-state index in [4.69, 9.17) is 0 Å². The van der Waals surface area contributed by atoms with Gasteiger partial charge in [0.2, 0.25) is 0 Å². The van der Waals surface area contributed by atoms with E-state index in [2.05, 4.69) is 4.72 Å². The third-order valence-electron chi connectivity index (χ3n) is 3.92. The van der Waals surface area contributed by atoms with Crippen LogP contribution in [0, 0.1) is 0 Å². The summed E-state index contributed by atoms with van der Waals surface area (Å²) in [5, 5.41) is 19.3. The second-order valence-corrected chi connectivity index (χ2v) is 7.59. The van der Waals surface area contributed by atoms with Gasteiger partial charge in [-0.3, -0.25) is 9.52 Å². The van der Waals surface area contributed by atoms with Crippen LogP contribution in [0.2, 0.25) is 0 Å². The minimum atomic E-state index is -3.99. The molecule has 0 amide bonds. The number of hydrogen-bond acceptors (Lipinski definition) is 5. The molecule has 7 heteroatoms. The number of nitrogens with one attached hydrogen (secondary N) is 1. The van der Waals surface area contributed by atoms with Gasteiger partial charge in [0.15, 0.2) is 5.78 Å². The zero-order chi connectivity index (χ0) is 20.1. The number of carbonyl (C=O) groups excluding carboxylic acids is 1. The highest BCUT2D eigenvalue weighted by Crippen LogP contribution is 2.23. The molecule has 28 heavy (non-hydrogen) atoms. The lowest BCUT2D eigenvalue weighted by molar-refractivity contribution is 0.104.